The second kappa shape index (κ2) is 6.60. The Balaban J connectivity index is 2.11. The number of carboxylic acid groups (broad SMARTS) is 1. The molecule has 0 unspecified atom stereocenters. The summed E-state index contributed by atoms with van der Waals surface area (Å²) in [4.78, 5) is 15.8. The fraction of sp³-hybridized carbons (Fsp3) is 0.286. The number of ether oxygens (including phenoxy) is 1. The van der Waals surface area contributed by atoms with Gasteiger partial charge in [0.15, 0.2) is 0 Å². The van der Waals surface area contributed by atoms with Crippen LogP contribution in [-0.2, 0) is 22.7 Å². The monoisotopic (exact) mass is 293 g/mol. The minimum Gasteiger partial charge on any atom is -0.480 e. The van der Waals surface area contributed by atoms with Crippen LogP contribution in [-0.4, -0.2) is 27.8 Å². The predicted molar refractivity (Wildman–Crippen MR) is 75.5 cm³/mol. The number of aryl methyl sites for hydroxylation is 1. The number of rotatable bonds is 6. The number of aliphatic hydroxyl groups is 1. The Bertz CT molecular complexity index is 592. The lowest BCUT2D eigenvalue weighted by Gasteiger charge is -1.99. The molecule has 2 N–H and O–H groups in total. The summed E-state index contributed by atoms with van der Waals surface area (Å²) in [6.07, 6.45) is 0. The van der Waals surface area contributed by atoms with E-state index in [0.29, 0.717) is 0 Å². The van der Waals surface area contributed by atoms with Gasteiger partial charge in [0.25, 0.3) is 0 Å². The molecular weight excluding hydrogens is 278 g/mol. The number of carbonyl (C=O) groups is 1. The fourth-order valence-corrected chi connectivity index (χ4v) is 2.67. The summed E-state index contributed by atoms with van der Waals surface area (Å²) >= 11 is 1.49. The summed E-state index contributed by atoms with van der Waals surface area (Å²) in [6.45, 7) is 1.84. The molecule has 106 valence electrons. The van der Waals surface area contributed by atoms with Crippen molar-refractivity contribution in [3.63, 3.8) is 0 Å². The van der Waals surface area contributed by atoms with Gasteiger partial charge in [0.05, 0.1) is 23.8 Å². The Morgan fingerprint density at radius 2 is 2.05 bits per heavy atom. The Morgan fingerprint density at radius 3 is 2.65 bits per heavy atom. The van der Waals surface area contributed by atoms with Gasteiger partial charge in [-0.05, 0) is 12.5 Å². The van der Waals surface area contributed by atoms with E-state index >= 15 is 0 Å². The van der Waals surface area contributed by atoms with Crippen LogP contribution in [0.15, 0.2) is 24.3 Å². The molecule has 1 heterocycles. The van der Waals surface area contributed by atoms with Gasteiger partial charge in [0.1, 0.15) is 11.6 Å². The minimum atomic E-state index is -0.980. The van der Waals surface area contributed by atoms with Crippen LogP contribution in [0.5, 0.6) is 0 Å². The molecule has 0 amide bonds. The minimum absolute atomic E-state index is 0.0193. The average molecular weight is 293 g/mol. The number of benzene rings is 1. The standard InChI is InChI=1S/C14H15NO4S/c1-9-12(7-19-8-13(17)18)20-14(15-9)11-4-2-10(6-16)3-5-11/h2-5,16H,6-8H2,1H3,(H,17,18). The van der Waals surface area contributed by atoms with Gasteiger partial charge in [-0.15, -0.1) is 11.3 Å². The number of aliphatic carboxylic acids is 1. The smallest absolute Gasteiger partial charge is 0.329 e. The maximum absolute atomic E-state index is 10.4. The normalized spacial score (nSPS) is 10.7. The number of hydrogen-bond donors (Lipinski definition) is 2. The Morgan fingerprint density at radius 1 is 1.35 bits per heavy atom. The highest BCUT2D eigenvalue weighted by molar-refractivity contribution is 7.15. The van der Waals surface area contributed by atoms with Gasteiger partial charge in [-0.2, -0.15) is 0 Å². The Labute approximate surface area is 120 Å². The van der Waals surface area contributed by atoms with Gasteiger partial charge < -0.3 is 14.9 Å². The second-order valence-electron chi connectivity index (χ2n) is 4.27. The number of aliphatic hydroxyl groups excluding tert-OH is 1. The second-order valence-corrected chi connectivity index (χ2v) is 5.35. The van der Waals surface area contributed by atoms with Crippen molar-refractivity contribution in [2.75, 3.05) is 6.61 Å². The molecule has 0 aliphatic carbocycles. The van der Waals surface area contributed by atoms with E-state index in [1.54, 1.807) is 0 Å². The van der Waals surface area contributed by atoms with E-state index in [1.165, 1.54) is 11.3 Å². The first-order chi connectivity index (χ1) is 9.60. The third-order valence-electron chi connectivity index (χ3n) is 2.73. The van der Waals surface area contributed by atoms with E-state index in [0.717, 1.165) is 26.7 Å². The van der Waals surface area contributed by atoms with Crippen molar-refractivity contribution >= 4 is 17.3 Å². The number of thiazole rings is 1. The maximum Gasteiger partial charge on any atom is 0.329 e. The zero-order valence-corrected chi connectivity index (χ0v) is 11.8. The van der Waals surface area contributed by atoms with Crippen LogP contribution in [0.4, 0.5) is 0 Å². The van der Waals surface area contributed by atoms with Crippen LogP contribution in [0.3, 0.4) is 0 Å². The number of aromatic nitrogens is 1. The van der Waals surface area contributed by atoms with Gasteiger partial charge in [-0.3, -0.25) is 0 Å². The van der Waals surface area contributed by atoms with Crippen molar-refractivity contribution in [2.24, 2.45) is 0 Å². The quantitative estimate of drug-likeness (QED) is 0.853. The van der Waals surface area contributed by atoms with Crippen molar-refractivity contribution in [1.82, 2.24) is 4.98 Å². The molecule has 20 heavy (non-hydrogen) atoms. The van der Waals surface area contributed by atoms with Crippen molar-refractivity contribution in [2.45, 2.75) is 20.1 Å². The molecule has 0 radical (unpaired) electrons. The van der Waals surface area contributed by atoms with Crippen LogP contribution >= 0.6 is 11.3 Å². The maximum atomic E-state index is 10.4. The molecule has 0 aliphatic heterocycles. The number of carboxylic acids is 1. The summed E-state index contributed by atoms with van der Waals surface area (Å²) in [7, 11) is 0. The molecule has 0 bridgehead atoms. The van der Waals surface area contributed by atoms with E-state index in [4.69, 9.17) is 14.9 Å². The average Bonchev–Trinajstić information content (AvgIpc) is 2.80. The van der Waals surface area contributed by atoms with Crippen molar-refractivity contribution < 1.29 is 19.7 Å². The van der Waals surface area contributed by atoms with E-state index < -0.39 is 5.97 Å². The summed E-state index contributed by atoms with van der Waals surface area (Å²) in [5.41, 5.74) is 2.67. The molecule has 0 saturated heterocycles. The zero-order chi connectivity index (χ0) is 14.5. The van der Waals surface area contributed by atoms with E-state index in [2.05, 4.69) is 4.98 Å². The molecule has 2 rings (SSSR count). The molecular formula is C14H15NO4S. The van der Waals surface area contributed by atoms with Gasteiger partial charge in [-0.1, -0.05) is 24.3 Å². The zero-order valence-electron chi connectivity index (χ0n) is 11.0. The summed E-state index contributed by atoms with van der Waals surface area (Å²) in [5.74, 6) is -0.980. The summed E-state index contributed by atoms with van der Waals surface area (Å²) in [5, 5.41) is 18.4. The highest BCUT2D eigenvalue weighted by Crippen LogP contribution is 2.28. The molecule has 0 saturated carbocycles. The SMILES string of the molecule is Cc1nc(-c2ccc(CO)cc2)sc1COCC(=O)O. The Kier molecular flexibility index (Phi) is 4.84. The summed E-state index contributed by atoms with van der Waals surface area (Å²) < 4.78 is 5.09. The lowest BCUT2D eigenvalue weighted by Crippen LogP contribution is -2.06. The van der Waals surface area contributed by atoms with Crippen LogP contribution in [0.2, 0.25) is 0 Å². The molecule has 1 aromatic carbocycles. The first-order valence-electron chi connectivity index (χ1n) is 6.06. The van der Waals surface area contributed by atoms with Crippen LogP contribution in [0, 0.1) is 6.92 Å². The van der Waals surface area contributed by atoms with Crippen LogP contribution in [0.1, 0.15) is 16.1 Å². The highest BCUT2D eigenvalue weighted by atomic mass is 32.1. The molecule has 5 nitrogen and oxygen atoms in total. The Hall–Kier alpha value is -1.76. The van der Waals surface area contributed by atoms with Crippen molar-refractivity contribution in [1.29, 1.82) is 0 Å². The third kappa shape index (κ3) is 3.63. The topological polar surface area (TPSA) is 79.7 Å². The largest absolute Gasteiger partial charge is 0.480 e. The van der Waals surface area contributed by atoms with Gasteiger partial charge in [0, 0.05) is 5.56 Å². The van der Waals surface area contributed by atoms with E-state index in [9.17, 15) is 4.79 Å². The van der Waals surface area contributed by atoms with Gasteiger partial charge >= 0.3 is 5.97 Å². The van der Waals surface area contributed by atoms with Crippen molar-refractivity contribution in [3.05, 3.63) is 40.4 Å². The molecule has 0 spiro atoms. The van der Waals surface area contributed by atoms with Crippen molar-refractivity contribution in [3.8, 4) is 10.6 Å². The lowest BCUT2D eigenvalue weighted by atomic mass is 10.1. The molecule has 2 aromatic rings. The fourth-order valence-electron chi connectivity index (χ4n) is 1.67. The van der Waals surface area contributed by atoms with E-state index in [1.807, 2.05) is 31.2 Å². The highest BCUT2D eigenvalue weighted by Gasteiger charge is 2.10. The summed E-state index contributed by atoms with van der Waals surface area (Å²) in [6, 6.07) is 7.52. The number of nitrogens with zero attached hydrogens (tertiary/aromatic N) is 1. The predicted octanol–water partition coefficient (Wildman–Crippen LogP) is 2.21. The molecule has 0 atom stereocenters. The van der Waals surface area contributed by atoms with Crippen LogP contribution < -0.4 is 0 Å². The van der Waals surface area contributed by atoms with Gasteiger partial charge in [0.2, 0.25) is 0 Å². The van der Waals surface area contributed by atoms with Crippen LogP contribution in [0.25, 0.3) is 10.6 Å². The van der Waals surface area contributed by atoms with Gasteiger partial charge in [-0.25, -0.2) is 9.78 Å². The molecule has 1 aromatic heterocycles. The third-order valence-corrected chi connectivity index (χ3v) is 3.91. The first kappa shape index (κ1) is 14.6. The molecule has 0 fully saturated rings. The van der Waals surface area contributed by atoms with E-state index in [-0.39, 0.29) is 19.8 Å². The number of hydrogen-bond acceptors (Lipinski definition) is 5. The first-order valence-corrected chi connectivity index (χ1v) is 6.88. The lowest BCUT2D eigenvalue weighted by molar-refractivity contribution is -0.142. The molecule has 6 heteroatoms. The molecule has 0 aliphatic rings.